The summed E-state index contributed by atoms with van der Waals surface area (Å²) in [5, 5.41) is 0. The molecule has 3 nitrogen and oxygen atoms in total. The molecule has 0 aromatic carbocycles. The predicted molar refractivity (Wildman–Crippen MR) is 40.3 cm³/mol. The van der Waals surface area contributed by atoms with Gasteiger partial charge in [0.05, 0.1) is 12.1 Å². The molecule has 4 heteroatoms. The molecule has 0 aromatic rings. The zero-order chi connectivity index (χ0) is 8.32. The van der Waals surface area contributed by atoms with Gasteiger partial charge in [-0.15, -0.1) is 0 Å². The van der Waals surface area contributed by atoms with E-state index in [1.807, 2.05) is 6.92 Å². The van der Waals surface area contributed by atoms with Crippen LogP contribution in [-0.4, -0.2) is 32.5 Å². The van der Waals surface area contributed by atoms with E-state index in [2.05, 4.69) is 0 Å². The lowest BCUT2D eigenvalue weighted by Crippen LogP contribution is -2.21. The molecule has 1 aliphatic rings. The third kappa shape index (κ3) is 2.93. The van der Waals surface area contributed by atoms with E-state index in [1.165, 1.54) is 0 Å². The van der Waals surface area contributed by atoms with Gasteiger partial charge in [-0.3, -0.25) is 4.79 Å². The summed E-state index contributed by atoms with van der Waals surface area (Å²) < 4.78 is 9.65. The second-order valence-corrected chi connectivity index (χ2v) is 2.76. The molecule has 11 heavy (non-hydrogen) atoms. The van der Waals surface area contributed by atoms with Gasteiger partial charge < -0.3 is 9.47 Å². The molecule has 0 aromatic heterocycles. The second kappa shape index (κ2) is 3.26. The van der Waals surface area contributed by atoms with Crippen LogP contribution in [0, 0.1) is 0 Å². The molecule has 0 saturated carbocycles. The van der Waals surface area contributed by atoms with Gasteiger partial charge in [0.25, 0.3) is 0 Å². The van der Waals surface area contributed by atoms with Crippen molar-refractivity contribution in [1.82, 2.24) is 0 Å². The summed E-state index contributed by atoms with van der Waals surface area (Å²) >= 11 is 0. The fourth-order valence-corrected chi connectivity index (χ4v) is 0.655. The smallest absolute Gasteiger partial charge is 0.305 e. The lowest BCUT2D eigenvalue weighted by molar-refractivity contribution is -0.144. The molecule has 1 aliphatic heterocycles. The minimum absolute atomic E-state index is 0.186. The first kappa shape index (κ1) is 8.59. The van der Waals surface area contributed by atoms with Crippen molar-refractivity contribution in [2.45, 2.75) is 25.3 Å². The van der Waals surface area contributed by atoms with Gasteiger partial charge >= 0.3 is 5.97 Å². The average Bonchev–Trinajstić information content (AvgIpc) is 2.66. The van der Waals surface area contributed by atoms with Crippen LogP contribution < -0.4 is 0 Å². The molecule has 1 unspecified atom stereocenters. The number of carbonyl (C=O) groups excluding carboxylic acids is 1. The quantitative estimate of drug-likeness (QED) is 0.330. The van der Waals surface area contributed by atoms with Crippen molar-refractivity contribution in [2.24, 2.45) is 0 Å². The minimum atomic E-state index is -0.663. The summed E-state index contributed by atoms with van der Waals surface area (Å²) in [6.07, 6.45) is 1.26. The van der Waals surface area contributed by atoms with Crippen LogP contribution in [0.5, 0.6) is 0 Å². The summed E-state index contributed by atoms with van der Waals surface area (Å²) in [6.45, 7) is 2.60. The molecule has 0 amide bonds. The van der Waals surface area contributed by atoms with E-state index < -0.39 is 5.50 Å². The molecule has 1 fully saturated rings. The minimum Gasteiger partial charge on any atom is -0.463 e. The number of ether oxygens (including phenoxy) is 2. The van der Waals surface area contributed by atoms with Gasteiger partial charge in [-0.25, -0.2) is 0 Å². The Kier molecular flexibility index (Phi) is 2.55. The Bertz CT molecular complexity index is 154. The first-order valence-corrected chi connectivity index (χ1v) is 3.75. The van der Waals surface area contributed by atoms with Gasteiger partial charge in [0, 0.05) is 6.42 Å². The first-order chi connectivity index (χ1) is 5.16. The topological polar surface area (TPSA) is 38.8 Å². The largest absolute Gasteiger partial charge is 0.463 e. The monoisotopic (exact) mass is 154 g/mol. The van der Waals surface area contributed by atoms with Crippen molar-refractivity contribution in [1.29, 1.82) is 0 Å². The van der Waals surface area contributed by atoms with Crippen molar-refractivity contribution in [3.8, 4) is 0 Å². The molecular formula is C7H11BO3. The number of esters is 1. The molecule has 1 heterocycles. The van der Waals surface area contributed by atoms with E-state index in [-0.39, 0.29) is 12.6 Å². The maximum Gasteiger partial charge on any atom is 0.305 e. The summed E-state index contributed by atoms with van der Waals surface area (Å²) in [6, 6.07) is 0. The Morgan fingerprint density at radius 1 is 1.82 bits per heavy atom. The first-order valence-electron chi connectivity index (χ1n) is 3.75. The van der Waals surface area contributed by atoms with E-state index >= 15 is 0 Å². The zero-order valence-electron chi connectivity index (χ0n) is 6.63. The van der Waals surface area contributed by atoms with Crippen molar-refractivity contribution in [3.63, 3.8) is 0 Å². The van der Waals surface area contributed by atoms with Crippen LogP contribution in [0.25, 0.3) is 0 Å². The summed E-state index contributed by atoms with van der Waals surface area (Å²) in [7, 11) is 5.49. The molecule has 1 atom stereocenters. The van der Waals surface area contributed by atoms with Crippen LogP contribution in [0.2, 0.25) is 0 Å². The maximum atomic E-state index is 10.8. The summed E-state index contributed by atoms with van der Waals surface area (Å²) in [4.78, 5) is 10.8. The Labute approximate surface area is 67.5 Å². The summed E-state index contributed by atoms with van der Waals surface area (Å²) in [5.41, 5.74) is -0.663. The van der Waals surface area contributed by atoms with Crippen molar-refractivity contribution < 1.29 is 14.3 Å². The van der Waals surface area contributed by atoms with Gasteiger partial charge in [-0.1, -0.05) is 6.92 Å². The number of hydrogen-bond donors (Lipinski definition) is 0. The average molecular weight is 154 g/mol. The van der Waals surface area contributed by atoms with E-state index in [9.17, 15) is 4.79 Å². The predicted octanol–water partition coefficient (Wildman–Crippen LogP) is 0.225. The number of epoxide rings is 1. The lowest BCUT2D eigenvalue weighted by Gasteiger charge is -2.05. The molecule has 60 valence electrons. The van der Waals surface area contributed by atoms with Gasteiger partial charge in [-0.2, -0.15) is 0 Å². The SMILES string of the molecule is [B]C1(COC(=O)CCC)CO1. The van der Waals surface area contributed by atoms with E-state index in [4.69, 9.17) is 17.3 Å². The highest BCUT2D eigenvalue weighted by atomic mass is 16.6. The van der Waals surface area contributed by atoms with Crippen molar-refractivity contribution >= 4 is 13.8 Å². The molecular weight excluding hydrogens is 143 g/mol. The number of rotatable bonds is 4. The third-order valence-electron chi connectivity index (χ3n) is 1.45. The second-order valence-electron chi connectivity index (χ2n) is 2.76. The van der Waals surface area contributed by atoms with Crippen molar-refractivity contribution in [2.75, 3.05) is 13.2 Å². The van der Waals surface area contributed by atoms with Crippen LogP contribution in [0.1, 0.15) is 19.8 Å². The molecule has 2 radical (unpaired) electrons. The van der Waals surface area contributed by atoms with Crippen LogP contribution in [0.4, 0.5) is 0 Å². The van der Waals surface area contributed by atoms with Gasteiger partial charge in [0.1, 0.15) is 14.5 Å². The highest BCUT2D eigenvalue weighted by Gasteiger charge is 2.39. The molecule has 0 N–H and O–H groups in total. The molecule has 1 rings (SSSR count). The Hall–Kier alpha value is -0.505. The fourth-order valence-electron chi connectivity index (χ4n) is 0.655. The standard InChI is InChI=1S/C7H11BO3/c1-2-3-6(9)10-4-7(8)5-11-7/h2-5H2,1H3. The lowest BCUT2D eigenvalue weighted by atomic mass is 9.89. The van der Waals surface area contributed by atoms with E-state index in [1.54, 1.807) is 0 Å². The van der Waals surface area contributed by atoms with Crippen LogP contribution in [-0.2, 0) is 14.3 Å². The Morgan fingerprint density at radius 3 is 2.91 bits per heavy atom. The Balaban J connectivity index is 2.06. The van der Waals surface area contributed by atoms with Crippen molar-refractivity contribution in [3.05, 3.63) is 0 Å². The van der Waals surface area contributed by atoms with E-state index in [0.29, 0.717) is 13.0 Å². The van der Waals surface area contributed by atoms with Gasteiger partial charge in [0.15, 0.2) is 0 Å². The van der Waals surface area contributed by atoms with E-state index in [0.717, 1.165) is 6.42 Å². The molecule has 0 aliphatic carbocycles. The Morgan fingerprint density at radius 2 is 2.45 bits per heavy atom. The van der Waals surface area contributed by atoms with Gasteiger partial charge in [-0.05, 0) is 6.42 Å². The highest BCUT2D eigenvalue weighted by Crippen LogP contribution is 2.22. The fraction of sp³-hybridized carbons (Fsp3) is 0.857. The third-order valence-corrected chi connectivity index (χ3v) is 1.45. The maximum absolute atomic E-state index is 10.8. The van der Waals surface area contributed by atoms with Crippen LogP contribution >= 0.6 is 0 Å². The number of carbonyl (C=O) groups is 1. The van der Waals surface area contributed by atoms with Crippen LogP contribution in [0.15, 0.2) is 0 Å². The highest BCUT2D eigenvalue weighted by molar-refractivity contribution is 6.16. The molecule has 0 bridgehead atoms. The van der Waals surface area contributed by atoms with Gasteiger partial charge in [0.2, 0.25) is 0 Å². The zero-order valence-corrected chi connectivity index (χ0v) is 6.63. The van der Waals surface area contributed by atoms with Crippen LogP contribution in [0.3, 0.4) is 0 Å². The number of hydrogen-bond acceptors (Lipinski definition) is 3. The molecule has 0 spiro atoms. The summed E-state index contributed by atoms with van der Waals surface area (Å²) in [5.74, 6) is -0.201. The molecule has 1 saturated heterocycles. The normalized spacial score (nSPS) is 28.1.